The van der Waals surface area contributed by atoms with Gasteiger partial charge in [-0.05, 0) is 31.4 Å². The molecule has 1 aromatic rings. The Morgan fingerprint density at radius 2 is 2.00 bits per heavy atom. The maximum absolute atomic E-state index is 12.4. The summed E-state index contributed by atoms with van der Waals surface area (Å²) in [5.41, 5.74) is 0.0601. The Labute approximate surface area is 141 Å². The minimum absolute atomic E-state index is 0.168. The lowest BCUT2D eigenvalue weighted by Gasteiger charge is -2.25. The molecule has 0 radical (unpaired) electrons. The van der Waals surface area contributed by atoms with Crippen molar-refractivity contribution in [1.82, 2.24) is 0 Å². The van der Waals surface area contributed by atoms with Crippen molar-refractivity contribution in [1.29, 1.82) is 5.26 Å². The number of nitriles is 1. The first kappa shape index (κ1) is 19.2. The summed E-state index contributed by atoms with van der Waals surface area (Å²) >= 11 is 0. The van der Waals surface area contributed by atoms with Gasteiger partial charge < -0.3 is 9.47 Å². The molecule has 0 fully saturated rings. The lowest BCUT2D eigenvalue weighted by molar-refractivity contribution is -0.149. The number of benzene rings is 1. The Morgan fingerprint density at radius 3 is 2.46 bits per heavy atom. The zero-order valence-corrected chi connectivity index (χ0v) is 14.0. The normalized spacial score (nSPS) is 13.7. The van der Waals surface area contributed by atoms with Crippen LogP contribution in [0, 0.1) is 17.9 Å². The highest BCUT2D eigenvalue weighted by Crippen LogP contribution is 2.32. The minimum atomic E-state index is -1.37. The van der Waals surface area contributed by atoms with Crippen molar-refractivity contribution < 1.29 is 19.1 Å². The van der Waals surface area contributed by atoms with Crippen LogP contribution in [0.1, 0.15) is 31.4 Å². The number of rotatable bonds is 7. The zero-order valence-electron chi connectivity index (χ0n) is 14.0. The van der Waals surface area contributed by atoms with E-state index in [1.807, 2.05) is 6.07 Å². The summed E-state index contributed by atoms with van der Waals surface area (Å²) in [4.78, 5) is 26.9. The van der Waals surface area contributed by atoms with Crippen LogP contribution in [0.25, 0.3) is 4.85 Å². The van der Waals surface area contributed by atoms with E-state index in [2.05, 4.69) is 9.58 Å². The molecule has 1 aromatic carbocycles. The second-order valence-corrected chi connectivity index (χ2v) is 5.36. The fourth-order valence-corrected chi connectivity index (χ4v) is 2.32. The Kier molecular flexibility index (Phi) is 6.95. The first-order valence-electron chi connectivity index (χ1n) is 7.53. The van der Waals surface area contributed by atoms with Crippen molar-refractivity contribution in [2.75, 3.05) is 13.7 Å². The number of esters is 2. The van der Waals surface area contributed by atoms with Gasteiger partial charge in [0, 0.05) is 6.42 Å². The summed E-state index contributed by atoms with van der Waals surface area (Å²) in [7, 11) is 1.34. The highest BCUT2D eigenvalue weighted by atomic mass is 16.5. The van der Waals surface area contributed by atoms with E-state index in [4.69, 9.17) is 11.3 Å². The number of methoxy groups -OCH3 is 1. The summed E-state index contributed by atoms with van der Waals surface area (Å²) in [6.45, 7) is 10.6. The maximum Gasteiger partial charge on any atom is 0.326 e. The predicted molar refractivity (Wildman–Crippen MR) is 86.8 cm³/mol. The molecule has 0 aromatic heterocycles. The number of nitrogens with zero attached hydrogens (tertiary/aromatic N) is 2. The topological polar surface area (TPSA) is 80.8 Å². The van der Waals surface area contributed by atoms with Crippen LogP contribution in [0.3, 0.4) is 0 Å². The molecule has 126 valence electrons. The number of carbonyl (C=O) groups excluding carboxylic acids is 2. The molecule has 6 heteroatoms. The first-order chi connectivity index (χ1) is 11.4. The number of carbonyl (C=O) groups is 2. The van der Waals surface area contributed by atoms with Gasteiger partial charge in [-0.15, -0.1) is 0 Å². The highest BCUT2D eigenvalue weighted by molar-refractivity contribution is 5.85. The summed E-state index contributed by atoms with van der Waals surface area (Å²) in [6.07, 6.45) is 0.765. The van der Waals surface area contributed by atoms with E-state index in [1.54, 1.807) is 38.1 Å². The van der Waals surface area contributed by atoms with Crippen molar-refractivity contribution >= 4 is 11.9 Å². The van der Waals surface area contributed by atoms with Crippen LogP contribution in [0.5, 0.6) is 0 Å². The molecule has 0 saturated carbocycles. The third kappa shape index (κ3) is 4.11. The molecular weight excluding hydrogens is 308 g/mol. The van der Waals surface area contributed by atoms with Crippen molar-refractivity contribution in [3.63, 3.8) is 0 Å². The SMILES string of the molecule is [C-]#[N+]C(C#N)C(C)(C(=O)OCC)c1ccc(CCC(=O)OC)cc1. The average Bonchev–Trinajstić information content (AvgIpc) is 2.60. The van der Waals surface area contributed by atoms with Gasteiger partial charge in [-0.25, -0.2) is 6.57 Å². The van der Waals surface area contributed by atoms with E-state index >= 15 is 0 Å². The summed E-state index contributed by atoms with van der Waals surface area (Å²) in [5.74, 6) is -0.900. The second-order valence-electron chi connectivity index (χ2n) is 5.36. The van der Waals surface area contributed by atoms with Crippen molar-refractivity contribution in [3.8, 4) is 6.07 Å². The number of hydrogen-bond acceptors (Lipinski definition) is 5. The predicted octanol–water partition coefficient (Wildman–Crippen LogP) is 2.42. The van der Waals surface area contributed by atoms with Crippen LogP contribution in [0.2, 0.25) is 0 Å². The maximum atomic E-state index is 12.4. The average molecular weight is 328 g/mol. The Bertz CT molecular complexity index is 656. The molecule has 2 atom stereocenters. The monoisotopic (exact) mass is 328 g/mol. The smallest absolute Gasteiger partial charge is 0.326 e. The van der Waals surface area contributed by atoms with E-state index in [0.717, 1.165) is 5.56 Å². The summed E-state index contributed by atoms with van der Waals surface area (Å²) in [5, 5.41) is 9.24. The van der Waals surface area contributed by atoms with Crippen molar-refractivity contribution in [2.24, 2.45) is 0 Å². The molecule has 0 bridgehead atoms. The number of hydrogen-bond donors (Lipinski definition) is 0. The molecule has 0 heterocycles. The van der Waals surface area contributed by atoms with Gasteiger partial charge in [-0.1, -0.05) is 24.3 Å². The molecule has 0 amide bonds. The van der Waals surface area contributed by atoms with E-state index < -0.39 is 17.4 Å². The molecule has 0 aliphatic carbocycles. The standard InChI is InChI=1S/C18H20N2O4/c1-5-24-17(22)18(2,15(12-19)20-3)14-9-6-13(7-10-14)8-11-16(21)23-4/h6-7,9-10,15H,5,8,11H2,1-2,4H3. The van der Waals surface area contributed by atoms with Gasteiger partial charge in [-0.2, -0.15) is 5.26 Å². The Hall–Kier alpha value is -2.86. The molecule has 2 unspecified atom stereocenters. The molecule has 0 N–H and O–H groups in total. The molecule has 6 nitrogen and oxygen atoms in total. The van der Waals surface area contributed by atoms with Crippen LogP contribution >= 0.6 is 0 Å². The zero-order chi connectivity index (χ0) is 18.2. The van der Waals surface area contributed by atoms with Crippen LogP contribution < -0.4 is 0 Å². The van der Waals surface area contributed by atoms with E-state index in [0.29, 0.717) is 12.0 Å². The molecule has 0 saturated heterocycles. The minimum Gasteiger partial charge on any atom is -0.469 e. The number of aryl methyl sites for hydroxylation is 1. The lowest BCUT2D eigenvalue weighted by Crippen LogP contribution is -2.43. The summed E-state index contributed by atoms with van der Waals surface area (Å²) in [6, 6.07) is 7.62. The van der Waals surface area contributed by atoms with E-state index in [9.17, 15) is 14.9 Å². The quantitative estimate of drug-likeness (QED) is 0.567. The van der Waals surface area contributed by atoms with Crippen LogP contribution in [-0.4, -0.2) is 31.7 Å². The van der Waals surface area contributed by atoms with Crippen molar-refractivity contribution in [2.45, 2.75) is 38.1 Å². The van der Waals surface area contributed by atoms with Crippen LogP contribution in [0.4, 0.5) is 0 Å². The second kappa shape index (κ2) is 8.69. The summed E-state index contributed by atoms with van der Waals surface area (Å²) < 4.78 is 9.67. The van der Waals surface area contributed by atoms with E-state index in [-0.39, 0.29) is 19.0 Å². The molecule has 0 aliphatic heterocycles. The largest absolute Gasteiger partial charge is 0.469 e. The van der Waals surface area contributed by atoms with E-state index in [1.165, 1.54) is 7.11 Å². The Morgan fingerprint density at radius 1 is 1.38 bits per heavy atom. The molecule has 0 aliphatic rings. The molecular formula is C18H20N2O4. The molecule has 1 rings (SSSR count). The first-order valence-corrected chi connectivity index (χ1v) is 7.53. The van der Waals surface area contributed by atoms with Gasteiger partial charge in [0.2, 0.25) is 0 Å². The lowest BCUT2D eigenvalue weighted by atomic mass is 9.76. The van der Waals surface area contributed by atoms with Gasteiger partial charge in [0.1, 0.15) is 0 Å². The highest BCUT2D eigenvalue weighted by Gasteiger charge is 2.49. The van der Waals surface area contributed by atoms with Crippen LogP contribution in [-0.2, 0) is 30.9 Å². The fraction of sp³-hybridized carbons (Fsp3) is 0.444. The molecule has 0 spiro atoms. The van der Waals surface area contributed by atoms with Gasteiger partial charge in [0.05, 0.1) is 13.7 Å². The van der Waals surface area contributed by atoms with Crippen LogP contribution in [0.15, 0.2) is 24.3 Å². The van der Waals surface area contributed by atoms with Gasteiger partial charge in [-0.3, -0.25) is 14.4 Å². The Balaban J connectivity index is 3.12. The van der Waals surface area contributed by atoms with Gasteiger partial charge in [0.15, 0.2) is 11.5 Å². The van der Waals surface area contributed by atoms with Gasteiger partial charge >= 0.3 is 18.0 Å². The fourth-order valence-electron chi connectivity index (χ4n) is 2.32. The molecule has 24 heavy (non-hydrogen) atoms. The third-order valence-electron chi connectivity index (χ3n) is 3.90. The van der Waals surface area contributed by atoms with Crippen molar-refractivity contribution in [3.05, 3.63) is 46.8 Å². The van der Waals surface area contributed by atoms with Gasteiger partial charge in [0.25, 0.3) is 0 Å². The third-order valence-corrected chi connectivity index (χ3v) is 3.90. The number of ether oxygens (including phenoxy) is 2.